The van der Waals surface area contributed by atoms with Crippen LogP contribution in [0.25, 0.3) is 0 Å². The number of esters is 2. The molecule has 0 heterocycles. The number of hydrogen-bond acceptors (Lipinski definition) is 9. The Morgan fingerprint density at radius 2 is 1.90 bits per heavy atom. The van der Waals surface area contributed by atoms with E-state index in [0.29, 0.717) is 0 Å². The van der Waals surface area contributed by atoms with Gasteiger partial charge in [0.15, 0.2) is 0 Å². The second kappa shape index (κ2) is 9.40. The van der Waals surface area contributed by atoms with Gasteiger partial charge in [0.05, 0.1) is 12.8 Å². The standard InChI is InChI=1S/C10H15O9P/c1-3-9(12)16-6-7-20(15,19-18-14)8(2)10(13)17-5-4-11/h3,11,14H,1-2,4-7H2. The van der Waals surface area contributed by atoms with Gasteiger partial charge in [0.1, 0.15) is 18.5 Å². The van der Waals surface area contributed by atoms with Gasteiger partial charge in [-0.05, 0) is 0 Å². The summed E-state index contributed by atoms with van der Waals surface area (Å²) in [5, 5.41) is 19.4. The SMILES string of the molecule is C=CC(=O)OCCP(=O)(OOO)C(=C)C(=O)OCCO. The molecule has 114 valence electrons. The summed E-state index contributed by atoms with van der Waals surface area (Å²) in [7, 11) is -4.01. The van der Waals surface area contributed by atoms with E-state index in [1.165, 1.54) is 0 Å². The van der Waals surface area contributed by atoms with Gasteiger partial charge in [-0.15, -0.1) is 4.67 Å². The Kier molecular flexibility index (Phi) is 8.69. The van der Waals surface area contributed by atoms with Crippen LogP contribution in [0.1, 0.15) is 0 Å². The summed E-state index contributed by atoms with van der Waals surface area (Å²) in [6, 6.07) is 0. The van der Waals surface area contributed by atoms with Gasteiger partial charge in [-0.2, -0.15) is 0 Å². The molecule has 0 spiro atoms. The summed E-state index contributed by atoms with van der Waals surface area (Å²) >= 11 is 0. The van der Waals surface area contributed by atoms with Crippen molar-refractivity contribution in [1.29, 1.82) is 0 Å². The second-order valence-electron chi connectivity index (χ2n) is 3.22. The molecular weight excluding hydrogens is 295 g/mol. The molecule has 10 heteroatoms. The normalized spacial score (nSPS) is 13.1. The minimum absolute atomic E-state index is 0.330. The molecule has 0 aliphatic rings. The van der Waals surface area contributed by atoms with Crippen LogP contribution in [-0.4, -0.2) is 48.3 Å². The average molecular weight is 310 g/mol. The Morgan fingerprint density at radius 3 is 2.40 bits per heavy atom. The van der Waals surface area contributed by atoms with Crippen molar-refractivity contribution in [3.05, 3.63) is 24.5 Å². The topological polar surface area (TPSA) is 129 Å². The molecule has 1 unspecified atom stereocenters. The third-order valence-electron chi connectivity index (χ3n) is 1.92. The monoisotopic (exact) mass is 310 g/mol. The van der Waals surface area contributed by atoms with Crippen LogP contribution in [0, 0.1) is 0 Å². The fourth-order valence-corrected chi connectivity index (χ4v) is 2.17. The Hall–Kier alpha value is -1.51. The molecule has 0 radical (unpaired) electrons. The van der Waals surface area contributed by atoms with E-state index in [1.54, 1.807) is 0 Å². The molecule has 0 fully saturated rings. The molecule has 0 aliphatic carbocycles. The molecule has 0 aromatic rings. The molecule has 9 nitrogen and oxygen atoms in total. The van der Waals surface area contributed by atoms with E-state index in [1.807, 2.05) is 0 Å². The number of aliphatic hydroxyl groups excluding tert-OH is 1. The number of rotatable bonds is 10. The highest BCUT2D eigenvalue weighted by molar-refractivity contribution is 7.64. The van der Waals surface area contributed by atoms with Crippen molar-refractivity contribution in [2.45, 2.75) is 0 Å². The van der Waals surface area contributed by atoms with Gasteiger partial charge < -0.3 is 14.6 Å². The van der Waals surface area contributed by atoms with E-state index in [9.17, 15) is 14.2 Å². The Labute approximate surface area is 114 Å². The van der Waals surface area contributed by atoms with Crippen LogP contribution >= 0.6 is 7.37 Å². The van der Waals surface area contributed by atoms with Crippen molar-refractivity contribution >= 4 is 19.3 Å². The first-order valence-electron chi connectivity index (χ1n) is 5.26. The number of aliphatic hydroxyl groups is 1. The van der Waals surface area contributed by atoms with E-state index in [2.05, 4.69) is 32.3 Å². The Bertz CT molecular complexity index is 417. The molecule has 0 aromatic heterocycles. The van der Waals surface area contributed by atoms with Crippen LogP contribution in [0.5, 0.6) is 0 Å². The summed E-state index contributed by atoms with van der Waals surface area (Å²) in [6.07, 6.45) is 0.416. The van der Waals surface area contributed by atoms with Gasteiger partial charge in [0.2, 0.25) is 0 Å². The van der Waals surface area contributed by atoms with E-state index in [-0.39, 0.29) is 6.61 Å². The lowest BCUT2D eigenvalue weighted by molar-refractivity contribution is -0.439. The highest BCUT2D eigenvalue weighted by Crippen LogP contribution is 2.54. The average Bonchev–Trinajstić information content (AvgIpc) is 2.43. The van der Waals surface area contributed by atoms with Crippen LogP contribution in [0.2, 0.25) is 0 Å². The van der Waals surface area contributed by atoms with Crippen molar-refractivity contribution in [2.24, 2.45) is 0 Å². The third kappa shape index (κ3) is 6.09. The fraction of sp³-hybridized carbons (Fsp3) is 0.400. The molecule has 0 aromatic carbocycles. The zero-order chi connectivity index (χ0) is 15.6. The van der Waals surface area contributed by atoms with E-state index in [4.69, 9.17) is 10.4 Å². The first-order chi connectivity index (χ1) is 9.41. The smallest absolute Gasteiger partial charge is 0.343 e. The first kappa shape index (κ1) is 18.5. The fourth-order valence-electron chi connectivity index (χ4n) is 0.957. The maximum Gasteiger partial charge on any atom is 0.343 e. The number of carbonyl (C=O) groups excluding carboxylic acids is 2. The van der Waals surface area contributed by atoms with E-state index < -0.39 is 44.0 Å². The van der Waals surface area contributed by atoms with Gasteiger partial charge in [0.25, 0.3) is 7.37 Å². The van der Waals surface area contributed by atoms with Crippen LogP contribution in [-0.2, 0) is 33.3 Å². The number of carbonyl (C=O) groups is 2. The molecule has 1 atom stereocenters. The highest BCUT2D eigenvalue weighted by atomic mass is 31.2. The zero-order valence-electron chi connectivity index (χ0n) is 10.5. The van der Waals surface area contributed by atoms with Crippen LogP contribution in [0.3, 0.4) is 0 Å². The Morgan fingerprint density at radius 1 is 1.25 bits per heavy atom. The summed E-state index contributed by atoms with van der Waals surface area (Å²) in [5.41, 5.74) is 0. The number of ether oxygens (including phenoxy) is 2. The second-order valence-corrected chi connectivity index (χ2v) is 5.71. The van der Waals surface area contributed by atoms with Crippen LogP contribution in [0.15, 0.2) is 24.5 Å². The minimum atomic E-state index is -4.01. The van der Waals surface area contributed by atoms with Crippen LogP contribution in [0.4, 0.5) is 0 Å². The summed E-state index contributed by atoms with van der Waals surface area (Å²) in [4.78, 5) is 22.2. The summed E-state index contributed by atoms with van der Waals surface area (Å²) < 4.78 is 25.4. The van der Waals surface area contributed by atoms with E-state index >= 15 is 0 Å². The van der Waals surface area contributed by atoms with Gasteiger partial charge in [-0.25, -0.2) is 14.8 Å². The molecule has 0 bridgehead atoms. The lowest BCUT2D eigenvalue weighted by Crippen LogP contribution is -2.15. The molecule has 0 rings (SSSR count). The number of hydrogen-bond donors (Lipinski definition) is 2. The largest absolute Gasteiger partial charge is 0.462 e. The third-order valence-corrected chi connectivity index (χ3v) is 4.01. The first-order valence-corrected chi connectivity index (χ1v) is 7.07. The molecule has 0 saturated heterocycles. The maximum absolute atomic E-state index is 12.2. The molecular formula is C10H15O9P. The minimum Gasteiger partial charge on any atom is -0.462 e. The Balaban J connectivity index is 4.68. The summed E-state index contributed by atoms with van der Waals surface area (Å²) in [5.74, 6) is -1.87. The molecule has 0 aliphatic heterocycles. The van der Waals surface area contributed by atoms with Gasteiger partial charge in [0, 0.05) is 6.08 Å². The molecule has 0 saturated carbocycles. The molecule has 20 heavy (non-hydrogen) atoms. The van der Waals surface area contributed by atoms with Crippen molar-refractivity contribution < 1.29 is 43.7 Å². The lowest BCUT2D eigenvalue weighted by atomic mass is 10.6. The zero-order valence-corrected chi connectivity index (χ0v) is 11.4. The van der Waals surface area contributed by atoms with Crippen molar-refractivity contribution in [3.63, 3.8) is 0 Å². The predicted molar refractivity (Wildman–Crippen MR) is 65.6 cm³/mol. The van der Waals surface area contributed by atoms with Crippen LogP contribution < -0.4 is 0 Å². The van der Waals surface area contributed by atoms with Crippen molar-refractivity contribution in [3.8, 4) is 0 Å². The molecule has 2 N–H and O–H groups in total. The van der Waals surface area contributed by atoms with Crippen molar-refractivity contribution in [2.75, 3.05) is 26.0 Å². The quantitative estimate of drug-likeness (QED) is 0.194. The van der Waals surface area contributed by atoms with E-state index in [0.717, 1.165) is 6.08 Å². The van der Waals surface area contributed by atoms with Gasteiger partial charge >= 0.3 is 11.9 Å². The predicted octanol–water partition coefficient (Wildman–Crippen LogP) is 0.464. The maximum atomic E-state index is 12.2. The van der Waals surface area contributed by atoms with Crippen molar-refractivity contribution in [1.82, 2.24) is 0 Å². The van der Waals surface area contributed by atoms with Gasteiger partial charge in [-0.1, -0.05) is 18.2 Å². The highest BCUT2D eigenvalue weighted by Gasteiger charge is 2.35. The van der Waals surface area contributed by atoms with Gasteiger partial charge in [-0.3, -0.25) is 4.57 Å². The lowest BCUT2D eigenvalue weighted by Gasteiger charge is -2.16. The molecule has 0 amide bonds. The summed E-state index contributed by atoms with van der Waals surface area (Å²) in [6.45, 7) is 5.22.